The molecule has 2 aliphatic heterocycles. The van der Waals surface area contributed by atoms with E-state index in [1.165, 1.54) is 50.2 Å². The zero-order valence-corrected chi connectivity index (χ0v) is 18.2. The van der Waals surface area contributed by atoms with Crippen LogP contribution in [0.3, 0.4) is 0 Å². The smallest absolute Gasteiger partial charge is 0.343 e. The fourth-order valence-corrected chi connectivity index (χ4v) is 4.38. The first-order valence-electron chi connectivity index (χ1n) is 10.2. The highest BCUT2D eigenvalue weighted by atomic mass is 19.2. The van der Waals surface area contributed by atoms with Crippen molar-refractivity contribution in [3.05, 3.63) is 70.3 Å². The summed E-state index contributed by atoms with van der Waals surface area (Å²) in [6.45, 7) is 2.41. The Morgan fingerprint density at radius 1 is 0.857 bits per heavy atom. The van der Waals surface area contributed by atoms with Gasteiger partial charge in [-0.3, -0.25) is 9.59 Å². The van der Waals surface area contributed by atoms with E-state index in [1.807, 2.05) is 0 Å². The van der Waals surface area contributed by atoms with E-state index in [4.69, 9.17) is 30.4 Å². The van der Waals surface area contributed by atoms with E-state index < -0.39 is 52.1 Å². The molecule has 178 valence electrons. The lowest BCUT2D eigenvalue weighted by Gasteiger charge is -2.37. The van der Waals surface area contributed by atoms with Gasteiger partial charge in [0.05, 0.1) is 11.4 Å². The minimum Gasteiger partial charge on any atom is -0.456 e. The number of anilines is 2. The second kappa shape index (κ2) is 7.42. The Hall–Kier alpha value is -4.67. The molecule has 0 saturated carbocycles. The maximum Gasteiger partial charge on any atom is 0.343 e. The molecule has 2 heterocycles. The first-order chi connectivity index (χ1) is 16.5. The number of carbonyl (C=O) groups excluding carboxylic acids is 3. The Labute approximate surface area is 196 Å². The molecule has 0 unspecified atom stereocenters. The molecule has 35 heavy (non-hydrogen) atoms. The van der Waals surface area contributed by atoms with Gasteiger partial charge in [0.2, 0.25) is 0 Å². The molecular weight excluding hydrogens is 466 g/mol. The summed E-state index contributed by atoms with van der Waals surface area (Å²) in [5, 5.41) is 0. The lowest BCUT2D eigenvalue weighted by molar-refractivity contribution is -0.132. The monoisotopic (exact) mass is 482 g/mol. The van der Waals surface area contributed by atoms with Gasteiger partial charge in [0.15, 0.2) is 17.2 Å². The third-order valence-electron chi connectivity index (χ3n) is 5.67. The van der Waals surface area contributed by atoms with Crippen molar-refractivity contribution in [3.63, 3.8) is 0 Å². The standard InChI is InChI=1S/C24H16F2N2O7/c1-9(29)32-11-3-5-13-15(7-11)34-16-8-12(33-10(2)30)4-6-14(16)24(13)18-17(23(31)35-24)19(25)20(26)22(28)21(18)27/h3-8H,27-28H2,1-2H3. The van der Waals surface area contributed by atoms with Gasteiger partial charge in [-0.25, -0.2) is 13.6 Å². The molecule has 0 radical (unpaired) electrons. The largest absolute Gasteiger partial charge is 0.456 e. The van der Waals surface area contributed by atoms with Crippen LogP contribution in [0.2, 0.25) is 0 Å². The summed E-state index contributed by atoms with van der Waals surface area (Å²) in [6.07, 6.45) is 0. The van der Waals surface area contributed by atoms with Crippen molar-refractivity contribution < 1.29 is 42.1 Å². The van der Waals surface area contributed by atoms with E-state index in [0.29, 0.717) is 0 Å². The molecule has 3 aromatic carbocycles. The van der Waals surface area contributed by atoms with Gasteiger partial charge < -0.3 is 30.4 Å². The molecule has 2 aliphatic rings. The number of fused-ring (bicyclic) bond motifs is 6. The first-order valence-corrected chi connectivity index (χ1v) is 10.2. The summed E-state index contributed by atoms with van der Waals surface area (Å²) in [5.41, 5.74) is 8.35. The van der Waals surface area contributed by atoms with E-state index >= 15 is 0 Å². The molecule has 0 aromatic heterocycles. The number of carbonyl (C=O) groups is 3. The molecule has 3 aromatic rings. The fraction of sp³-hybridized carbons (Fsp3) is 0.125. The molecule has 11 heteroatoms. The van der Waals surface area contributed by atoms with Crippen LogP contribution in [0.4, 0.5) is 20.2 Å². The van der Waals surface area contributed by atoms with Crippen LogP contribution in [-0.4, -0.2) is 17.9 Å². The molecular formula is C24H16F2N2O7. The van der Waals surface area contributed by atoms with Crippen molar-refractivity contribution in [2.75, 3.05) is 11.5 Å². The molecule has 0 saturated heterocycles. The van der Waals surface area contributed by atoms with Gasteiger partial charge in [0.1, 0.15) is 28.6 Å². The van der Waals surface area contributed by atoms with Gasteiger partial charge in [0, 0.05) is 42.7 Å². The van der Waals surface area contributed by atoms with Crippen LogP contribution in [0.5, 0.6) is 23.0 Å². The second-order valence-electron chi connectivity index (χ2n) is 7.88. The molecule has 1 spiro atoms. The molecule has 0 atom stereocenters. The maximum atomic E-state index is 14.9. The Balaban J connectivity index is 1.86. The highest BCUT2D eigenvalue weighted by molar-refractivity contribution is 6.01. The molecule has 4 N–H and O–H groups in total. The summed E-state index contributed by atoms with van der Waals surface area (Å²) in [6, 6.07) is 8.41. The normalized spacial score (nSPS) is 14.3. The van der Waals surface area contributed by atoms with Crippen LogP contribution in [0.1, 0.15) is 40.9 Å². The summed E-state index contributed by atoms with van der Waals surface area (Å²) in [7, 11) is 0. The van der Waals surface area contributed by atoms with Crippen molar-refractivity contribution in [2.45, 2.75) is 19.4 Å². The van der Waals surface area contributed by atoms with Crippen LogP contribution in [0.25, 0.3) is 0 Å². The highest BCUT2D eigenvalue weighted by Gasteiger charge is 2.57. The number of ether oxygens (including phenoxy) is 4. The zero-order valence-electron chi connectivity index (χ0n) is 18.2. The second-order valence-corrected chi connectivity index (χ2v) is 7.88. The number of hydrogen-bond donors (Lipinski definition) is 2. The van der Waals surface area contributed by atoms with Gasteiger partial charge in [0.25, 0.3) is 0 Å². The molecule has 0 amide bonds. The summed E-state index contributed by atoms with van der Waals surface area (Å²) < 4.78 is 51.3. The number of esters is 3. The highest BCUT2D eigenvalue weighted by Crippen LogP contribution is 2.59. The predicted octanol–water partition coefficient (Wildman–Crippen LogP) is 3.55. The SMILES string of the molecule is CC(=O)Oc1ccc2c(c1)Oc1cc(OC(C)=O)ccc1C21OC(=O)c2c(F)c(F)c(N)c(N)c21. The first kappa shape index (κ1) is 22.1. The Morgan fingerprint density at radius 2 is 1.37 bits per heavy atom. The minimum absolute atomic E-state index is 0.0552. The number of nitrogen functional groups attached to an aromatic ring is 2. The Morgan fingerprint density at radius 3 is 1.86 bits per heavy atom. The van der Waals surface area contributed by atoms with E-state index in [2.05, 4.69) is 0 Å². The minimum atomic E-state index is -1.90. The zero-order chi connectivity index (χ0) is 25.2. The molecule has 9 nitrogen and oxygen atoms in total. The van der Waals surface area contributed by atoms with Gasteiger partial charge in [-0.2, -0.15) is 0 Å². The van der Waals surface area contributed by atoms with E-state index in [-0.39, 0.29) is 39.7 Å². The maximum absolute atomic E-state index is 14.9. The van der Waals surface area contributed by atoms with Crippen molar-refractivity contribution >= 4 is 29.3 Å². The number of halogens is 2. The van der Waals surface area contributed by atoms with Gasteiger partial charge in [-0.1, -0.05) is 0 Å². The average Bonchev–Trinajstić information content (AvgIpc) is 3.08. The van der Waals surface area contributed by atoms with Gasteiger partial charge >= 0.3 is 17.9 Å². The van der Waals surface area contributed by atoms with Crippen LogP contribution in [0, 0.1) is 11.6 Å². The molecule has 0 aliphatic carbocycles. The van der Waals surface area contributed by atoms with Crippen LogP contribution in [-0.2, 0) is 19.9 Å². The number of hydrogen-bond acceptors (Lipinski definition) is 9. The van der Waals surface area contributed by atoms with Crippen LogP contribution in [0.15, 0.2) is 36.4 Å². The summed E-state index contributed by atoms with van der Waals surface area (Å²) in [5.74, 6) is -5.02. The topological polar surface area (TPSA) is 140 Å². The van der Waals surface area contributed by atoms with E-state index in [9.17, 15) is 23.2 Å². The van der Waals surface area contributed by atoms with E-state index in [1.54, 1.807) is 0 Å². The lowest BCUT2D eigenvalue weighted by Crippen LogP contribution is -2.34. The average molecular weight is 482 g/mol. The fourth-order valence-electron chi connectivity index (χ4n) is 4.38. The third kappa shape index (κ3) is 3.08. The molecule has 5 rings (SSSR count). The van der Waals surface area contributed by atoms with Crippen molar-refractivity contribution in [3.8, 4) is 23.0 Å². The summed E-state index contributed by atoms with van der Waals surface area (Å²) in [4.78, 5) is 35.8. The van der Waals surface area contributed by atoms with Gasteiger partial charge in [-0.05, 0) is 24.3 Å². The Bertz CT molecular complexity index is 1420. The lowest BCUT2D eigenvalue weighted by atomic mass is 9.76. The predicted molar refractivity (Wildman–Crippen MR) is 116 cm³/mol. The van der Waals surface area contributed by atoms with Crippen LogP contribution >= 0.6 is 0 Å². The number of benzene rings is 3. The van der Waals surface area contributed by atoms with Crippen molar-refractivity contribution in [1.29, 1.82) is 0 Å². The Kier molecular flexibility index (Phi) is 4.69. The molecule has 0 fully saturated rings. The number of nitrogens with two attached hydrogens (primary N) is 2. The van der Waals surface area contributed by atoms with Crippen LogP contribution < -0.4 is 25.7 Å². The van der Waals surface area contributed by atoms with Gasteiger partial charge in [-0.15, -0.1) is 0 Å². The molecule has 0 bridgehead atoms. The van der Waals surface area contributed by atoms with Crippen molar-refractivity contribution in [1.82, 2.24) is 0 Å². The summed E-state index contributed by atoms with van der Waals surface area (Å²) >= 11 is 0. The third-order valence-corrected chi connectivity index (χ3v) is 5.67. The van der Waals surface area contributed by atoms with Crippen molar-refractivity contribution in [2.24, 2.45) is 0 Å². The quantitative estimate of drug-likeness (QED) is 0.319. The van der Waals surface area contributed by atoms with E-state index in [0.717, 1.165) is 0 Å². The number of rotatable bonds is 2.